The SMILES string of the molecule is [2H]c1nc(N)c([2H])c([2H])c1C1CC1. The van der Waals surface area contributed by atoms with Crippen molar-refractivity contribution in [3.8, 4) is 0 Å². The van der Waals surface area contributed by atoms with Gasteiger partial charge in [0, 0.05) is 6.17 Å². The van der Waals surface area contributed by atoms with E-state index in [1.807, 2.05) is 0 Å². The van der Waals surface area contributed by atoms with E-state index >= 15 is 0 Å². The lowest BCUT2D eigenvalue weighted by atomic mass is 10.2. The molecule has 1 aliphatic rings. The summed E-state index contributed by atoms with van der Waals surface area (Å²) in [6.45, 7) is 0. The Morgan fingerprint density at radius 3 is 3.10 bits per heavy atom. The molecule has 1 heterocycles. The van der Waals surface area contributed by atoms with Gasteiger partial charge in [-0.2, -0.15) is 0 Å². The molecule has 1 aliphatic carbocycles. The summed E-state index contributed by atoms with van der Waals surface area (Å²) in [4.78, 5) is 3.73. The summed E-state index contributed by atoms with van der Waals surface area (Å²) in [6, 6.07) is 0.0397. The third kappa shape index (κ3) is 0.967. The van der Waals surface area contributed by atoms with Crippen molar-refractivity contribution in [2.24, 2.45) is 0 Å². The highest BCUT2D eigenvalue weighted by Crippen LogP contribution is 2.39. The Hall–Kier alpha value is -1.05. The van der Waals surface area contributed by atoms with Crippen molar-refractivity contribution in [3.05, 3.63) is 23.8 Å². The summed E-state index contributed by atoms with van der Waals surface area (Å²) in [5.41, 5.74) is 5.97. The number of nitrogens with zero attached hydrogens (tertiary/aromatic N) is 1. The first-order chi connectivity index (χ1) is 6.11. The average Bonchev–Trinajstić information content (AvgIpc) is 2.84. The molecular weight excluding hydrogens is 124 g/mol. The normalized spacial score (nSPS) is 21.4. The number of pyridine rings is 1. The highest BCUT2D eigenvalue weighted by molar-refractivity contribution is 5.32. The minimum Gasteiger partial charge on any atom is -0.384 e. The van der Waals surface area contributed by atoms with Crippen molar-refractivity contribution in [2.75, 3.05) is 5.73 Å². The van der Waals surface area contributed by atoms with Crippen molar-refractivity contribution in [2.45, 2.75) is 18.8 Å². The zero-order valence-electron chi connectivity index (χ0n) is 8.52. The molecule has 1 fully saturated rings. The van der Waals surface area contributed by atoms with Crippen LogP contribution in [0.5, 0.6) is 0 Å². The fourth-order valence-electron chi connectivity index (χ4n) is 0.873. The Balaban J connectivity index is 2.60. The Kier molecular flexibility index (Phi) is 0.666. The quantitative estimate of drug-likeness (QED) is 0.637. The van der Waals surface area contributed by atoms with Gasteiger partial charge in [0.05, 0.1) is 4.11 Å². The minimum absolute atomic E-state index is 0.0144. The Morgan fingerprint density at radius 1 is 1.60 bits per heavy atom. The second-order valence-electron chi connectivity index (χ2n) is 2.55. The first-order valence-electron chi connectivity index (χ1n) is 4.84. The smallest absolute Gasteiger partial charge is 0.123 e. The maximum Gasteiger partial charge on any atom is 0.123 e. The summed E-state index contributed by atoms with van der Waals surface area (Å²) in [7, 11) is 0. The van der Waals surface area contributed by atoms with Crippen molar-refractivity contribution >= 4 is 5.82 Å². The van der Waals surface area contributed by atoms with E-state index in [2.05, 4.69) is 4.98 Å². The van der Waals surface area contributed by atoms with Gasteiger partial charge in [-0.15, -0.1) is 0 Å². The first kappa shape index (κ1) is 3.37. The van der Waals surface area contributed by atoms with Gasteiger partial charge in [0.25, 0.3) is 0 Å². The molecule has 1 aromatic rings. The van der Waals surface area contributed by atoms with E-state index in [-0.39, 0.29) is 30.0 Å². The topological polar surface area (TPSA) is 38.9 Å². The molecule has 0 aliphatic heterocycles. The van der Waals surface area contributed by atoms with Gasteiger partial charge in [0.1, 0.15) is 5.82 Å². The van der Waals surface area contributed by atoms with Crippen LogP contribution in [-0.4, -0.2) is 4.98 Å². The molecule has 0 spiro atoms. The third-order valence-electron chi connectivity index (χ3n) is 1.61. The van der Waals surface area contributed by atoms with Crippen LogP contribution >= 0.6 is 0 Å². The largest absolute Gasteiger partial charge is 0.384 e. The monoisotopic (exact) mass is 137 g/mol. The van der Waals surface area contributed by atoms with Crippen molar-refractivity contribution in [3.63, 3.8) is 0 Å². The molecule has 0 bridgehead atoms. The summed E-state index contributed by atoms with van der Waals surface area (Å²) in [5, 5.41) is 0. The van der Waals surface area contributed by atoms with Crippen LogP contribution in [0.3, 0.4) is 0 Å². The van der Waals surface area contributed by atoms with Gasteiger partial charge in [0.15, 0.2) is 0 Å². The molecule has 52 valence electrons. The lowest BCUT2D eigenvalue weighted by Gasteiger charge is -1.95. The number of hydrogen-bond acceptors (Lipinski definition) is 2. The van der Waals surface area contributed by atoms with E-state index in [4.69, 9.17) is 9.85 Å². The maximum absolute atomic E-state index is 7.62. The molecule has 2 heteroatoms. The molecule has 0 amide bonds. The summed E-state index contributed by atoms with van der Waals surface area (Å²) >= 11 is 0. The number of nitrogen functional groups attached to an aromatic ring is 1. The van der Waals surface area contributed by atoms with Gasteiger partial charge in [-0.05, 0) is 30.4 Å². The Bertz CT molecular complexity index is 361. The van der Waals surface area contributed by atoms with Crippen molar-refractivity contribution in [1.29, 1.82) is 0 Å². The minimum atomic E-state index is -0.0436. The molecule has 0 radical (unpaired) electrons. The van der Waals surface area contributed by atoms with Crippen LogP contribution in [0, 0.1) is 0 Å². The van der Waals surface area contributed by atoms with E-state index in [0.29, 0.717) is 5.56 Å². The lowest BCUT2D eigenvalue weighted by molar-refractivity contribution is 1.10. The summed E-state index contributed by atoms with van der Waals surface area (Å²) < 4.78 is 22.6. The van der Waals surface area contributed by atoms with Gasteiger partial charge >= 0.3 is 0 Å². The fraction of sp³-hybridized carbons (Fsp3) is 0.375. The molecule has 2 N–H and O–H groups in total. The highest BCUT2D eigenvalue weighted by Gasteiger charge is 2.23. The molecule has 1 aromatic heterocycles. The van der Waals surface area contributed by atoms with Gasteiger partial charge in [-0.1, -0.05) is 6.04 Å². The zero-order chi connectivity index (χ0) is 9.59. The second kappa shape index (κ2) is 1.97. The van der Waals surface area contributed by atoms with E-state index in [1.54, 1.807) is 0 Å². The molecule has 1 saturated carbocycles. The Morgan fingerprint density at radius 2 is 2.40 bits per heavy atom. The number of rotatable bonds is 1. The second-order valence-corrected chi connectivity index (χ2v) is 2.55. The fourth-order valence-corrected chi connectivity index (χ4v) is 0.873. The van der Waals surface area contributed by atoms with Gasteiger partial charge in [-0.25, -0.2) is 4.98 Å². The molecule has 2 nitrogen and oxygen atoms in total. The number of anilines is 1. The standard InChI is InChI=1S/C8H10N2/c9-8-4-3-7(5-10-8)6-1-2-6/h3-6H,1-2H2,(H2,9,10)/i3D,4D,5D. The van der Waals surface area contributed by atoms with Crippen LogP contribution in [0.2, 0.25) is 0 Å². The van der Waals surface area contributed by atoms with Crippen LogP contribution in [0.15, 0.2) is 18.3 Å². The predicted molar refractivity (Wildman–Crippen MR) is 40.6 cm³/mol. The van der Waals surface area contributed by atoms with E-state index in [9.17, 15) is 0 Å². The molecule has 0 atom stereocenters. The average molecular weight is 137 g/mol. The number of aromatic nitrogens is 1. The van der Waals surface area contributed by atoms with Crippen LogP contribution in [0.25, 0.3) is 0 Å². The number of hydrogen-bond donors (Lipinski definition) is 1. The van der Waals surface area contributed by atoms with E-state index in [0.717, 1.165) is 12.8 Å². The first-order valence-corrected chi connectivity index (χ1v) is 3.34. The molecule has 0 saturated heterocycles. The summed E-state index contributed by atoms with van der Waals surface area (Å²) in [5.74, 6) is 0.261. The predicted octanol–water partition coefficient (Wildman–Crippen LogP) is 1.54. The summed E-state index contributed by atoms with van der Waals surface area (Å²) in [6.07, 6.45) is 2.08. The number of nitrogens with two attached hydrogens (primary N) is 1. The van der Waals surface area contributed by atoms with Gasteiger partial charge in [0.2, 0.25) is 0 Å². The van der Waals surface area contributed by atoms with E-state index in [1.165, 1.54) is 0 Å². The van der Waals surface area contributed by atoms with Crippen LogP contribution < -0.4 is 5.73 Å². The molecule has 0 unspecified atom stereocenters. The third-order valence-corrected chi connectivity index (χ3v) is 1.61. The van der Waals surface area contributed by atoms with Gasteiger partial charge in [-0.3, -0.25) is 0 Å². The zero-order valence-corrected chi connectivity index (χ0v) is 5.52. The van der Waals surface area contributed by atoms with Crippen LogP contribution in [0.4, 0.5) is 5.82 Å². The maximum atomic E-state index is 7.62. The van der Waals surface area contributed by atoms with Crippen molar-refractivity contribution in [1.82, 2.24) is 4.98 Å². The Labute approximate surface area is 64.3 Å². The molecule has 0 aromatic carbocycles. The van der Waals surface area contributed by atoms with Crippen molar-refractivity contribution < 1.29 is 4.11 Å². The molecule has 2 rings (SSSR count). The van der Waals surface area contributed by atoms with Crippen LogP contribution in [-0.2, 0) is 0 Å². The highest BCUT2D eigenvalue weighted by atomic mass is 14.8. The molecular formula is C8H10N2. The molecule has 10 heavy (non-hydrogen) atoms. The van der Waals surface area contributed by atoms with Gasteiger partial charge < -0.3 is 5.73 Å². The van der Waals surface area contributed by atoms with E-state index < -0.39 is 0 Å². The van der Waals surface area contributed by atoms with Crippen LogP contribution in [0.1, 0.15) is 28.4 Å². The lowest BCUT2D eigenvalue weighted by Crippen LogP contribution is -1.89.